The number of hydrogen-bond acceptors (Lipinski definition) is 2. The van der Waals surface area contributed by atoms with E-state index in [9.17, 15) is 4.79 Å². The number of carbonyl (C=O) groups is 1. The summed E-state index contributed by atoms with van der Waals surface area (Å²) in [6.45, 7) is 1.91. The highest BCUT2D eigenvalue weighted by Gasteiger charge is 2.08. The number of thiophene rings is 1. The lowest BCUT2D eigenvalue weighted by atomic mass is 10.1. The van der Waals surface area contributed by atoms with Gasteiger partial charge in [-0.25, -0.2) is 0 Å². The Morgan fingerprint density at radius 2 is 2.31 bits per heavy atom. The first-order valence-electron chi connectivity index (χ1n) is 3.85. The van der Waals surface area contributed by atoms with Gasteiger partial charge in [0, 0.05) is 15.6 Å². The number of hydrogen-bond donors (Lipinski definition) is 0. The summed E-state index contributed by atoms with van der Waals surface area (Å²) in [5.41, 5.74) is 1.68. The van der Waals surface area contributed by atoms with Crippen LogP contribution in [-0.2, 0) is 0 Å². The maximum Gasteiger partial charge on any atom is 0.151 e. The molecule has 1 aromatic carbocycles. The van der Waals surface area contributed by atoms with Crippen LogP contribution < -0.4 is 0 Å². The first kappa shape index (κ1) is 8.73. The molecule has 0 saturated heterocycles. The summed E-state index contributed by atoms with van der Waals surface area (Å²) in [4.78, 5) is 10.7. The summed E-state index contributed by atoms with van der Waals surface area (Å²) in [6.07, 6.45) is 0.877. The molecule has 0 fully saturated rings. The van der Waals surface area contributed by atoms with Gasteiger partial charge in [0.05, 0.1) is 5.02 Å². The minimum Gasteiger partial charge on any atom is -0.298 e. The van der Waals surface area contributed by atoms with Crippen LogP contribution in [-0.4, -0.2) is 6.29 Å². The largest absolute Gasteiger partial charge is 0.298 e. The van der Waals surface area contributed by atoms with Gasteiger partial charge in [0.1, 0.15) is 0 Å². The molecule has 0 aliphatic carbocycles. The molecule has 0 saturated carbocycles. The summed E-state index contributed by atoms with van der Waals surface area (Å²) >= 11 is 7.63. The van der Waals surface area contributed by atoms with E-state index in [-0.39, 0.29) is 0 Å². The van der Waals surface area contributed by atoms with E-state index in [4.69, 9.17) is 11.6 Å². The first-order valence-corrected chi connectivity index (χ1v) is 5.11. The quantitative estimate of drug-likeness (QED) is 0.657. The zero-order valence-corrected chi connectivity index (χ0v) is 8.58. The molecule has 2 aromatic rings. The van der Waals surface area contributed by atoms with Crippen molar-refractivity contribution < 1.29 is 4.79 Å². The monoisotopic (exact) mass is 210 g/mol. The minimum absolute atomic E-state index is 0.729. The van der Waals surface area contributed by atoms with Crippen LogP contribution in [0.5, 0.6) is 0 Å². The number of fused-ring (bicyclic) bond motifs is 1. The summed E-state index contributed by atoms with van der Waals surface area (Å²) in [6, 6.07) is 3.77. The molecule has 1 aromatic heterocycles. The molecule has 1 nitrogen and oxygen atoms in total. The molecule has 0 radical (unpaired) electrons. The van der Waals surface area contributed by atoms with E-state index in [1.54, 1.807) is 11.3 Å². The highest BCUT2D eigenvalue weighted by molar-refractivity contribution is 7.17. The predicted molar refractivity (Wildman–Crippen MR) is 57.0 cm³/mol. The van der Waals surface area contributed by atoms with Crippen molar-refractivity contribution in [1.29, 1.82) is 0 Å². The lowest BCUT2D eigenvalue weighted by Gasteiger charge is -2.01. The lowest BCUT2D eigenvalue weighted by molar-refractivity contribution is 0.112. The molecule has 0 bridgehead atoms. The molecule has 3 heteroatoms. The average Bonchev–Trinajstić information content (AvgIpc) is 2.60. The Balaban J connectivity index is 2.95. The molecule has 0 aliphatic heterocycles. The lowest BCUT2D eigenvalue weighted by Crippen LogP contribution is -1.83. The van der Waals surface area contributed by atoms with E-state index in [0.717, 1.165) is 32.5 Å². The Morgan fingerprint density at radius 3 is 3.00 bits per heavy atom. The van der Waals surface area contributed by atoms with Gasteiger partial charge in [-0.1, -0.05) is 11.6 Å². The van der Waals surface area contributed by atoms with Crippen LogP contribution in [0, 0.1) is 6.92 Å². The normalized spacial score (nSPS) is 10.6. The third-order valence-electron chi connectivity index (χ3n) is 2.01. The number of aldehydes is 1. The van der Waals surface area contributed by atoms with Crippen LogP contribution in [0.2, 0.25) is 5.02 Å². The van der Waals surface area contributed by atoms with Gasteiger partial charge in [-0.3, -0.25) is 4.79 Å². The maximum atomic E-state index is 10.7. The SMILES string of the molecule is Cc1cc(C=O)c2sccc2c1Cl. The minimum atomic E-state index is 0.729. The Bertz CT molecular complexity index is 473. The van der Waals surface area contributed by atoms with Crippen molar-refractivity contribution in [3.63, 3.8) is 0 Å². The number of aryl methyl sites for hydroxylation is 1. The van der Waals surface area contributed by atoms with E-state index in [1.807, 2.05) is 24.4 Å². The second kappa shape index (κ2) is 3.13. The predicted octanol–water partition coefficient (Wildman–Crippen LogP) is 3.68. The zero-order chi connectivity index (χ0) is 9.42. The van der Waals surface area contributed by atoms with Crippen molar-refractivity contribution >= 4 is 39.3 Å². The van der Waals surface area contributed by atoms with E-state index in [1.165, 1.54) is 0 Å². The van der Waals surface area contributed by atoms with Crippen molar-refractivity contribution in [1.82, 2.24) is 0 Å². The Hall–Kier alpha value is -0.860. The van der Waals surface area contributed by atoms with Crippen LogP contribution in [0.25, 0.3) is 10.1 Å². The van der Waals surface area contributed by atoms with Crippen molar-refractivity contribution in [2.45, 2.75) is 6.92 Å². The van der Waals surface area contributed by atoms with Crippen molar-refractivity contribution in [2.75, 3.05) is 0 Å². The summed E-state index contributed by atoms with van der Waals surface area (Å²) in [5, 5.41) is 3.68. The molecule has 66 valence electrons. The fourth-order valence-electron chi connectivity index (χ4n) is 1.37. The van der Waals surface area contributed by atoms with Gasteiger partial charge in [0.15, 0.2) is 6.29 Å². The fourth-order valence-corrected chi connectivity index (χ4v) is 2.52. The summed E-state index contributed by atoms with van der Waals surface area (Å²) in [7, 11) is 0. The summed E-state index contributed by atoms with van der Waals surface area (Å²) in [5.74, 6) is 0. The van der Waals surface area contributed by atoms with Crippen molar-refractivity contribution in [3.8, 4) is 0 Å². The molecule has 0 spiro atoms. The molecule has 13 heavy (non-hydrogen) atoms. The third-order valence-corrected chi connectivity index (χ3v) is 3.47. The Kier molecular flexibility index (Phi) is 2.10. The second-order valence-corrected chi connectivity index (χ2v) is 4.17. The molecular weight excluding hydrogens is 204 g/mol. The van der Waals surface area contributed by atoms with Gasteiger partial charge in [0.2, 0.25) is 0 Å². The highest BCUT2D eigenvalue weighted by Crippen LogP contribution is 2.32. The fraction of sp³-hybridized carbons (Fsp3) is 0.100. The molecule has 0 amide bonds. The number of halogens is 1. The van der Waals surface area contributed by atoms with Gasteiger partial charge >= 0.3 is 0 Å². The second-order valence-electron chi connectivity index (χ2n) is 2.88. The Morgan fingerprint density at radius 1 is 1.54 bits per heavy atom. The van der Waals surface area contributed by atoms with Crippen LogP contribution in [0.15, 0.2) is 17.5 Å². The van der Waals surface area contributed by atoms with Crippen molar-refractivity contribution in [2.24, 2.45) is 0 Å². The number of rotatable bonds is 1. The number of benzene rings is 1. The van der Waals surface area contributed by atoms with Gasteiger partial charge in [-0.15, -0.1) is 11.3 Å². The third kappa shape index (κ3) is 1.26. The molecular formula is C10H7ClOS. The van der Waals surface area contributed by atoms with Gasteiger partial charge in [-0.2, -0.15) is 0 Å². The van der Waals surface area contributed by atoms with Gasteiger partial charge in [-0.05, 0) is 30.0 Å². The summed E-state index contributed by atoms with van der Waals surface area (Å²) < 4.78 is 0.977. The van der Waals surface area contributed by atoms with Gasteiger partial charge in [0.25, 0.3) is 0 Å². The maximum absolute atomic E-state index is 10.7. The van der Waals surface area contributed by atoms with Crippen molar-refractivity contribution in [3.05, 3.63) is 33.7 Å². The van der Waals surface area contributed by atoms with E-state index >= 15 is 0 Å². The molecule has 0 unspecified atom stereocenters. The molecule has 0 N–H and O–H groups in total. The van der Waals surface area contributed by atoms with Gasteiger partial charge < -0.3 is 0 Å². The Labute approximate surface area is 84.9 Å². The molecule has 1 heterocycles. The zero-order valence-electron chi connectivity index (χ0n) is 7.00. The smallest absolute Gasteiger partial charge is 0.151 e. The van der Waals surface area contributed by atoms with Crippen LogP contribution in [0.4, 0.5) is 0 Å². The highest BCUT2D eigenvalue weighted by atomic mass is 35.5. The van der Waals surface area contributed by atoms with E-state index in [2.05, 4.69) is 0 Å². The number of carbonyl (C=O) groups excluding carboxylic acids is 1. The molecule has 0 aliphatic rings. The molecule has 2 rings (SSSR count). The van der Waals surface area contributed by atoms with Crippen LogP contribution >= 0.6 is 22.9 Å². The van der Waals surface area contributed by atoms with E-state index < -0.39 is 0 Å². The van der Waals surface area contributed by atoms with Crippen LogP contribution in [0.3, 0.4) is 0 Å². The van der Waals surface area contributed by atoms with E-state index in [0.29, 0.717) is 0 Å². The topological polar surface area (TPSA) is 17.1 Å². The first-order chi connectivity index (χ1) is 6.24. The average molecular weight is 211 g/mol. The standard InChI is InChI=1S/C10H7ClOS/c1-6-4-7(5-12)10-8(9(6)11)2-3-13-10/h2-5H,1H3. The van der Waals surface area contributed by atoms with Crippen LogP contribution in [0.1, 0.15) is 15.9 Å². The molecule has 0 atom stereocenters.